The molecule has 0 N–H and O–H groups in total. The van der Waals surface area contributed by atoms with Gasteiger partial charge in [-0.1, -0.05) is 41.5 Å². The highest BCUT2D eigenvalue weighted by molar-refractivity contribution is 7.91. The second-order valence-corrected chi connectivity index (χ2v) is 10.2. The Morgan fingerprint density at radius 2 is 1.83 bits per heavy atom. The number of aryl methyl sites for hydroxylation is 2. The number of sulfone groups is 1. The van der Waals surface area contributed by atoms with Crippen LogP contribution in [0, 0.1) is 13.8 Å². The van der Waals surface area contributed by atoms with Crippen LogP contribution in [0.15, 0.2) is 53.1 Å². The Morgan fingerprint density at radius 1 is 1.10 bits per heavy atom. The monoisotopic (exact) mass is 411 g/mol. The molecule has 1 aliphatic rings. The first-order chi connectivity index (χ1) is 13.8. The third-order valence-electron chi connectivity index (χ3n) is 5.59. The van der Waals surface area contributed by atoms with E-state index < -0.39 is 9.84 Å². The highest BCUT2D eigenvalue weighted by Gasteiger charge is 2.34. The van der Waals surface area contributed by atoms with Crippen molar-refractivity contribution < 1.29 is 17.6 Å². The topological polar surface area (TPSA) is 67.6 Å². The third kappa shape index (κ3) is 4.37. The van der Waals surface area contributed by atoms with Crippen LogP contribution in [0.4, 0.5) is 0 Å². The van der Waals surface area contributed by atoms with Crippen LogP contribution in [-0.4, -0.2) is 36.8 Å². The Hall–Kier alpha value is -2.60. The summed E-state index contributed by atoms with van der Waals surface area (Å²) in [6, 6.07) is 13.6. The van der Waals surface area contributed by atoms with Crippen LogP contribution in [0.25, 0.3) is 11.0 Å². The van der Waals surface area contributed by atoms with Crippen molar-refractivity contribution in [2.45, 2.75) is 39.3 Å². The quantitative estimate of drug-likeness (QED) is 0.640. The number of hydrogen-bond acceptors (Lipinski definition) is 4. The number of amides is 1. The van der Waals surface area contributed by atoms with Gasteiger partial charge in [-0.05, 0) is 38.0 Å². The maximum atomic E-state index is 13.3. The van der Waals surface area contributed by atoms with Gasteiger partial charge in [0.15, 0.2) is 9.84 Å². The molecule has 1 saturated heterocycles. The lowest BCUT2D eigenvalue weighted by Crippen LogP contribution is -2.41. The van der Waals surface area contributed by atoms with E-state index in [1.807, 2.05) is 56.3 Å². The van der Waals surface area contributed by atoms with E-state index in [0.29, 0.717) is 13.0 Å². The Bertz CT molecular complexity index is 1150. The standard InChI is InChI=1S/C23H25NO4S/c1-16-3-6-18(7-4-16)13-24(20-9-10-29(26,27)15-20)23(25)12-19-14-28-22-8-5-17(2)11-21(19)22/h3-8,11,14,20H,9-10,12-13,15H2,1-2H3. The molecule has 152 valence electrons. The molecule has 0 saturated carbocycles. The maximum Gasteiger partial charge on any atom is 0.227 e. The van der Waals surface area contributed by atoms with Crippen molar-refractivity contribution in [3.8, 4) is 0 Å². The zero-order valence-corrected chi connectivity index (χ0v) is 17.5. The molecule has 1 atom stereocenters. The van der Waals surface area contributed by atoms with E-state index in [0.717, 1.165) is 33.2 Å². The molecule has 4 rings (SSSR count). The molecule has 2 heterocycles. The van der Waals surface area contributed by atoms with Crippen molar-refractivity contribution in [2.24, 2.45) is 0 Å². The normalized spacial score (nSPS) is 18.2. The van der Waals surface area contributed by atoms with Crippen LogP contribution >= 0.6 is 0 Å². The Labute approximate surface area is 171 Å². The van der Waals surface area contributed by atoms with Crippen LogP contribution in [0.2, 0.25) is 0 Å². The average Bonchev–Trinajstić information content (AvgIpc) is 3.23. The molecular formula is C23H25NO4S. The molecule has 0 spiro atoms. The Morgan fingerprint density at radius 3 is 2.52 bits per heavy atom. The van der Waals surface area contributed by atoms with Crippen molar-refractivity contribution in [3.05, 3.63) is 71.0 Å². The average molecular weight is 412 g/mol. The number of furan rings is 1. The molecule has 0 bridgehead atoms. The van der Waals surface area contributed by atoms with Crippen molar-refractivity contribution in [1.29, 1.82) is 0 Å². The van der Waals surface area contributed by atoms with E-state index in [-0.39, 0.29) is 29.9 Å². The first kappa shape index (κ1) is 19.7. The van der Waals surface area contributed by atoms with Crippen molar-refractivity contribution >= 4 is 26.7 Å². The summed E-state index contributed by atoms with van der Waals surface area (Å²) in [5.41, 5.74) is 4.85. The van der Waals surface area contributed by atoms with Crippen molar-refractivity contribution in [2.75, 3.05) is 11.5 Å². The van der Waals surface area contributed by atoms with Gasteiger partial charge in [0.2, 0.25) is 5.91 Å². The molecule has 1 amide bonds. The number of benzene rings is 2. The zero-order chi connectivity index (χ0) is 20.6. The molecule has 3 aromatic rings. The van der Waals surface area contributed by atoms with Crippen LogP contribution < -0.4 is 0 Å². The molecule has 1 fully saturated rings. The summed E-state index contributed by atoms with van der Waals surface area (Å²) in [5, 5.41) is 0.938. The lowest BCUT2D eigenvalue weighted by molar-refractivity contribution is -0.133. The largest absolute Gasteiger partial charge is 0.464 e. The second-order valence-electron chi connectivity index (χ2n) is 8.00. The fraction of sp³-hybridized carbons (Fsp3) is 0.348. The third-order valence-corrected chi connectivity index (χ3v) is 7.34. The summed E-state index contributed by atoms with van der Waals surface area (Å²) in [6.07, 6.45) is 2.32. The molecule has 1 unspecified atom stereocenters. The van der Waals surface area contributed by atoms with Gasteiger partial charge in [0.05, 0.1) is 24.2 Å². The summed E-state index contributed by atoms with van der Waals surface area (Å²) in [5.74, 6) is 0.107. The highest BCUT2D eigenvalue weighted by atomic mass is 32.2. The molecule has 2 aromatic carbocycles. The summed E-state index contributed by atoms with van der Waals surface area (Å²) in [6.45, 7) is 4.43. The smallest absolute Gasteiger partial charge is 0.227 e. The van der Waals surface area contributed by atoms with Crippen molar-refractivity contribution in [1.82, 2.24) is 4.90 Å². The fourth-order valence-corrected chi connectivity index (χ4v) is 5.66. The summed E-state index contributed by atoms with van der Waals surface area (Å²) >= 11 is 0. The van der Waals surface area contributed by atoms with Crippen LogP contribution in [0.1, 0.15) is 28.7 Å². The fourth-order valence-electron chi connectivity index (χ4n) is 3.93. The van der Waals surface area contributed by atoms with Gasteiger partial charge in [0.1, 0.15) is 5.58 Å². The first-order valence-electron chi connectivity index (χ1n) is 9.83. The number of carbonyl (C=O) groups is 1. The summed E-state index contributed by atoms with van der Waals surface area (Å²) in [4.78, 5) is 15.0. The molecule has 6 heteroatoms. The molecule has 1 aromatic heterocycles. The number of fused-ring (bicyclic) bond motifs is 1. The predicted molar refractivity (Wildman–Crippen MR) is 113 cm³/mol. The molecular weight excluding hydrogens is 386 g/mol. The Kier molecular flexibility index (Phi) is 5.21. The van der Waals surface area contributed by atoms with Gasteiger partial charge in [-0.15, -0.1) is 0 Å². The molecule has 29 heavy (non-hydrogen) atoms. The van der Waals surface area contributed by atoms with Crippen LogP contribution in [-0.2, 0) is 27.6 Å². The van der Waals surface area contributed by atoms with Crippen LogP contribution in [0.3, 0.4) is 0 Å². The summed E-state index contributed by atoms with van der Waals surface area (Å²) in [7, 11) is -3.09. The van der Waals surface area contributed by atoms with Gasteiger partial charge in [0.25, 0.3) is 0 Å². The Balaban J connectivity index is 1.61. The van der Waals surface area contributed by atoms with Crippen molar-refractivity contribution in [3.63, 3.8) is 0 Å². The van der Waals surface area contributed by atoms with Gasteiger partial charge in [-0.3, -0.25) is 4.79 Å². The predicted octanol–water partition coefficient (Wildman–Crippen LogP) is 3.81. The van der Waals surface area contributed by atoms with E-state index in [1.54, 1.807) is 11.2 Å². The number of carbonyl (C=O) groups excluding carboxylic acids is 1. The number of nitrogens with zero attached hydrogens (tertiary/aromatic N) is 1. The van der Waals surface area contributed by atoms with Gasteiger partial charge in [-0.25, -0.2) is 8.42 Å². The molecule has 5 nitrogen and oxygen atoms in total. The molecule has 1 aliphatic heterocycles. The van der Waals surface area contributed by atoms with Gasteiger partial charge >= 0.3 is 0 Å². The lowest BCUT2D eigenvalue weighted by atomic mass is 10.1. The summed E-state index contributed by atoms with van der Waals surface area (Å²) < 4.78 is 29.7. The SMILES string of the molecule is Cc1ccc(CN(C(=O)Cc2coc3ccc(C)cc23)C2CCS(=O)(=O)C2)cc1. The number of hydrogen-bond donors (Lipinski definition) is 0. The molecule has 0 aliphatic carbocycles. The second kappa shape index (κ2) is 7.67. The van der Waals surface area contributed by atoms with E-state index in [9.17, 15) is 13.2 Å². The minimum atomic E-state index is -3.09. The van der Waals surface area contributed by atoms with E-state index in [1.165, 1.54) is 0 Å². The van der Waals surface area contributed by atoms with E-state index >= 15 is 0 Å². The van der Waals surface area contributed by atoms with Gasteiger partial charge < -0.3 is 9.32 Å². The maximum absolute atomic E-state index is 13.3. The first-order valence-corrected chi connectivity index (χ1v) is 11.6. The minimum Gasteiger partial charge on any atom is -0.464 e. The van der Waals surface area contributed by atoms with Gasteiger partial charge in [0, 0.05) is 23.5 Å². The van der Waals surface area contributed by atoms with Gasteiger partial charge in [-0.2, -0.15) is 0 Å². The highest BCUT2D eigenvalue weighted by Crippen LogP contribution is 2.26. The molecule has 0 radical (unpaired) electrons. The van der Waals surface area contributed by atoms with E-state index in [4.69, 9.17) is 4.42 Å². The van der Waals surface area contributed by atoms with E-state index in [2.05, 4.69) is 0 Å². The number of rotatable bonds is 5. The van der Waals surface area contributed by atoms with Crippen LogP contribution in [0.5, 0.6) is 0 Å². The minimum absolute atomic E-state index is 0.0375. The zero-order valence-electron chi connectivity index (χ0n) is 16.7. The lowest BCUT2D eigenvalue weighted by Gasteiger charge is -2.28.